The molecule has 0 fully saturated rings. The van der Waals surface area contributed by atoms with Crippen LogP contribution in [-0.4, -0.2) is 9.97 Å². The van der Waals surface area contributed by atoms with Crippen LogP contribution in [0.4, 0.5) is 0 Å². The summed E-state index contributed by atoms with van der Waals surface area (Å²) >= 11 is 0. The van der Waals surface area contributed by atoms with E-state index in [0.717, 1.165) is 18.5 Å². The highest BCUT2D eigenvalue weighted by atomic mass is 14.7. The van der Waals surface area contributed by atoms with E-state index in [9.17, 15) is 0 Å². The van der Waals surface area contributed by atoms with Gasteiger partial charge in [0.2, 0.25) is 0 Å². The van der Waals surface area contributed by atoms with E-state index in [-0.39, 0.29) is 0 Å². The number of pyridine rings is 2. The average Bonchev–Trinajstić information content (AvgIpc) is 2.72. The Bertz CT molecular complexity index is 1160. The highest BCUT2D eigenvalue weighted by Crippen LogP contribution is 2.36. The van der Waals surface area contributed by atoms with Crippen LogP contribution in [0.2, 0.25) is 0 Å². The van der Waals surface area contributed by atoms with Crippen LogP contribution in [0.25, 0.3) is 33.2 Å². The van der Waals surface area contributed by atoms with Gasteiger partial charge in [-0.2, -0.15) is 0 Å². The Kier molecular flexibility index (Phi) is 3.78. The summed E-state index contributed by atoms with van der Waals surface area (Å²) in [4.78, 5) is 9.40. The molecule has 2 aromatic carbocycles. The summed E-state index contributed by atoms with van der Waals surface area (Å²) < 4.78 is 0. The molecule has 0 amide bonds. The van der Waals surface area contributed by atoms with Gasteiger partial charge < -0.3 is 0 Å². The van der Waals surface area contributed by atoms with Gasteiger partial charge in [-0.3, -0.25) is 9.97 Å². The topological polar surface area (TPSA) is 25.8 Å². The lowest BCUT2D eigenvalue weighted by Crippen LogP contribution is -2.06. The van der Waals surface area contributed by atoms with Crippen molar-refractivity contribution in [2.45, 2.75) is 32.6 Å². The molecule has 2 nitrogen and oxygen atoms in total. The van der Waals surface area contributed by atoms with Crippen molar-refractivity contribution in [2.24, 2.45) is 0 Å². The summed E-state index contributed by atoms with van der Waals surface area (Å²) in [7, 11) is 0. The molecule has 0 unspecified atom stereocenters. The van der Waals surface area contributed by atoms with Crippen LogP contribution in [0.1, 0.15) is 36.6 Å². The zero-order valence-electron chi connectivity index (χ0n) is 15.7. The molecule has 0 saturated carbocycles. The maximum atomic E-state index is 4.82. The first-order valence-corrected chi connectivity index (χ1v) is 9.67. The molecule has 0 bridgehead atoms. The highest BCUT2D eigenvalue weighted by molar-refractivity contribution is 5.91. The average molecular weight is 350 g/mol. The van der Waals surface area contributed by atoms with Gasteiger partial charge in [0, 0.05) is 29.2 Å². The van der Waals surface area contributed by atoms with E-state index in [1.165, 1.54) is 44.3 Å². The molecule has 0 N–H and O–H groups in total. The normalized spacial score (nSPS) is 12.9. The van der Waals surface area contributed by atoms with Crippen molar-refractivity contribution in [1.82, 2.24) is 9.97 Å². The Balaban J connectivity index is 1.71. The number of nitrogens with zero attached hydrogens (tertiary/aromatic N) is 2. The fourth-order valence-electron chi connectivity index (χ4n) is 4.19. The van der Waals surface area contributed by atoms with Gasteiger partial charge in [-0.05, 0) is 70.5 Å². The SMILES string of the molecule is CC(C)c1cc(-c2cc3c(cn2)CCc2ncccc2-3)cc2ccccc12. The van der Waals surface area contributed by atoms with Crippen molar-refractivity contribution in [3.8, 4) is 22.4 Å². The van der Waals surface area contributed by atoms with Gasteiger partial charge in [0.1, 0.15) is 0 Å². The van der Waals surface area contributed by atoms with E-state index in [1.807, 2.05) is 12.3 Å². The van der Waals surface area contributed by atoms with Crippen LogP contribution in [-0.2, 0) is 12.8 Å². The Morgan fingerprint density at radius 1 is 0.852 bits per heavy atom. The summed E-state index contributed by atoms with van der Waals surface area (Å²) in [6, 6.07) is 19.7. The minimum absolute atomic E-state index is 0.470. The van der Waals surface area contributed by atoms with Gasteiger partial charge in [0.15, 0.2) is 0 Å². The molecule has 27 heavy (non-hydrogen) atoms. The maximum absolute atomic E-state index is 4.82. The summed E-state index contributed by atoms with van der Waals surface area (Å²) in [5.74, 6) is 0.470. The van der Waals surface area contributed by atoms with E-state index < -0.39 is 0 Å². The van der Waals surface area contributed by atoms with Crippen molar-refractivity contribution in [3.63, 3.8) is 0 Å². The fraction of sp³-hybridized carbons (Fsp3) is 0.200. The third kappa shape index (κ3) is 2.73. The first-order valence-electron chi connectivity index (χ1n) is 9.67. The van der Waals surface area contributed by atoms with Crippen molar-refractivity contribution >= 4 is 10.8 Å². The standard InChI is InChI=1S/C25H22N2/c1-16(2)22-13-19(12-17-6-3-4-7-20(17)22)25-14-23-18(15-27-25)9-10-24-21(23)8-5-11-26-24/h3-8,11-16H,9-10H2,1-2H3. The lowest BCUT2D eigenvalue weighted by molar-refractivity contribution is 0.876. The van der Waals surface area contributed by atoms with Crippen LogP contribution in [0, 0.1) is 0 Å². The Labute approximate surface area is 159 Å². The molecular formula is C25H22N2. The third-order valence-corrected chi connectivity index (χ3v) is 5.61. The van der Waals surface area contributed by atoms with Crippen molar-refractivity contribution in [1.29, 1.82) is 0 Å². The number of hydrogen-bond acceptors (Lipinski definition) is 2. The van der Waals surface area contributed by atoms with E-state index in [0.29, 0.717) is 5.92 Å². The maximum Gasteiger partial charge on any atom is 0.0708 e. The van der Waals surface area contributed by atoms with Crippen LogP contribution in [0.5, 0.6) is 0 Å². The first-order chi connectivity index (χ1) is 13.2. The minimum atomic E-state index is 0.470. The van der Waals surface area contributed by atoms with E-state index in [2.05, 4.69) is 73.6 Å². The molecule has 0 saturated heterocycles. The largest absolute Gasteiger partial charge is 0.261 e. The first kappa shape index (κ1) is 16.2. The predicted molar refractivity (Wildman–Crippen MR) is 112 cm³/mol. The zero-order valence-corrected chi connectivity index (χ0v) is 15.7. The second-order valence-corrected chi connectivity index (χ2v) is 7.67. The molecule has 0 radical (unpaired) electrons. The molecule has 1 aliphatic carbocycles. The van der Waals surface area contributed by atoms with Gasteiger partial charge in [-0.1, -0.05) is 44.2 Å². The van der Waals surface area contributed by atoms with Gasteiger partial charge in [-0.25, -0.2) is 0 Å². The van der Waals surface area contributed by atoms with Crippen molar-refractivity contribution < 1.29 is 0 Å². The summed E-state index contributed by atoms with van der Waals surface area (Å²) in [5, 5.41) is 2.61. The van der Waals surface area contributed by atoms with Gasteiger partial charge >= 0.3 is 0 Å². The van der Waals surface area contributed by atoms with Crippen molar-refractivity contribution in [3.05, 3.63) is 83.8 Å². The summed E-state index contributed by atoms with van der Waals surface area (Å²) in [6.07, 6.45) is 5.97. The molecule has 0 aliphatic heterocycles. The lowest BCUT2D eigenvalue weighted by atomic mass is 9.88. The zero-order chi connectivity index (χ0) is 18.4. The minimum Gasteiger partial charge on any atom is -0.261 e. The van der Waals surface area contributed by atoms with Gasteiger partial charge in [0.05, 0.1) is 5.69 Å². The number of fused-ring (bicyclic) bond motifs is 4. The number of hydrogen-bond donors (Lipinski definition) is 0. The Morgan fingerprint density at radius 2 is 1.74 bits per heavy atom. The Morgan fingerprint density at radius 3 is 2.63 bits per heavy atom. The van der Waals surface area contributed by atoms with E-state index in [1.54, 1.807) is 0 Å². The van der Waals surface area contributed by atoms with Crippen LogP contribution in [0.3, 0.4) is 0 Å². The fourth-order valence-corrected chi connectivity index (χ4v) is 4.19. The number of rotatable bonds is 2. The molecular weight excluding hydrogens is 328 g/mol. The number of benzene rings is 2. The van der Waals surface area contributed by atoms with Gasteiger partial charge in [0.25, 0.3) is 0 Å². The molecule has 5 rings (SSSR count). The molecule has 2 aromatic heterocycles. The smallest absolute Gasteiger partial charge is 0.0708 e. The number of aryl methyl sites for hydroxylation is 2. The molecule has 2 heteroatoms. The molecule has 1 aliphatic rings. The second-order valence-electron chi connectivity index (χ2n) is 7.67. The number of aromatic nitrogens is 2. The molecule has 0 spiro atoms. The predicted octanol–water partition coefficient (Wildman–Crippen LogP) is 6.19. The van der Waals surface area contributed by atoms with Crippen molar-refractivity contribution in [2.75, 3.05) is 0 Å². The summed E-state index contributed by atoms with van der Waals surface area (Å²) in [6.45, 7) is 4.52. The quantitative estimate of drug-likeness (QED) is 0.431. The molecule has 2 heterocycles. The van der Waals surface area contributed by atoms with Crippen LogP contribution in [0.15, 0.2) is 67.0 Å². The lowest BCUT2D eigenvalue weighted by Gasteiger charge is -2.19. The molecule has 132 valence electrons. The third-order valence-electron chi connectivity index (χ3n) is 5.61. The highest BCUT2D eigenvalue weighted by Gasteiger charge is 2.18. The van der Waals surface area contributed by atoms with E-state index in [4.69, 9.17) is 4.98 Å². The summed E-state index contributed by atoms with van der Waals surface area (Å²) in [5.41, 5.74) is 8.67. The van der Waals surface area contributed by atoms with Crippen LogP contribution < -0.4 is 0 Å². The van der Waals surface area contributed by atoms with Crippen LogP contribution >= 0.6 is 0 Å². The van der Waals surface area contributed by atoms with E-state index >= 15 is 0 Å². The second kappa shape index (κ2) is 6.31. The molecule has 4 aromatic rings. The monoisotopic (exact) mass is 350 g/mol. The Hall–Kier alpha value is -3.00. The molecule has 0 atom stereocenters. The van der Waals surface area contributed by atoms with Gasteiger partial charge in [-0.15, -0.1) is 0 Å².